The normalized spacial score (nSPS) is 13.3. The molecule has 2 nitrogen and oxygen atoms in total. The van der Waals surface area contributed by atoms with Gasteiger partial charge in [-0.1, -0.05) is 111 Å². The number of thiophene rings is 1. The first-order valence-electron chi connectivity index (χ1n) is 17.9. The summed E-state index contributed by atoms with van der Waals surface area (Å²) in [4.78, 5) is 2.39. The van der Waals surface area contributed by atoms with Crippen LogP contribution in [0.1, 0.15) is 25.0 Å². The first-order valence-corrected chi connectivity index (χ1v) is 18.7. The second-order valence-electron chi connectivity index (χ2n) is 14.5. The zero-order valence-corrected chi connectivity index (χ0v) is 29.7. The van der Waals surface area contributed by atoms with E-state index in [1.165, 1.54) is 64.3 Å². The van der Waals surface area contributed by atoms with Gasteiger partial charge in [0.05, 0.1) is 0 Å². The minimum Gasteiger partial charge on any atom is -0.456 e. The number of hydrogen-bond donors (Lipinski definition) is 0. The molecule has 0 bridgehead atoms. The first kappa shape index (κ1) is 29.6. The topological polar surface area (TPSA) is 16.4 Å². The molecule has 0 unspecified atom stereocenters. The molecule has 2 aromatic heterocycles. The van der Waals surface area contributed by atoms with Gasteiger partial charge in [0.1, 0.15) is 11.2 Å². The van der Waals surface area contributed by atoms with Gasteiger partial charge in [-0.15, -0.1) is 11.3 Å². The van der Waals surface area contributed by atoms with Crippen LogP contribution in [0.5, 0.6) is 0 Å². The summed E-state index contributed by atoms with van der Waals surface area (Å²) in [6.45, 7) is 4.69. The number of fused-ring (bicyclic) bond motifs is 11. The van der Waals surface area contributed by atoms with Crippen molar-refractivity contribution in [1.82, 2.24) is 0 Å². The van der Waals surface area contributed by atoms with Crippen molar-refractivity contribution >= 4 is 81.3 Å². The van der Waals surface area contributed by atoms with Crippen LogP contribution in [0, 0.1) is 0 Å². The minimum absolute atomic E-state index is 0.0981. The summed E-state index contributed by atoms with van der Waals surface area (Å²) in [5, 5.41) is 7.52. The molecule has 1 aliphatic rings. The molecule has 0 N–H and O–H groups in total. The second-order valence-corrected chi connectivity index (χ2v) is 15.6. The third-order valence-corrected chi connectivity index (χ3v) is 12.4. The zero-order chi connectivity index (χ0) is 34.6. The smallest absolute Gasteiger partial charge is 0.135 e. The largest absolute Gasteiger partial charge is 0.456 e. The van der Waals surface area contributed by atoms with Gasteiger partial charge in [-0.05, 0) is 111 Å². The molecule has 3 heteroatoms. The monoisotopic (exact) mass is 683 g/mol. The molecule has 0 saturated carbocycles. The highest BCUT2D eigenvalue weighted by atomic mass is 32.1. The SMILES string of the molecule is CC1(C)c2ccccc2-c2ccc(N(c3ccc(-c4ccc5c(ccc6sc7ccccc7c65)c4)cc3)c3ccc4oc5ccccc5c4c3)cc21. The highest BCUT2D eigenvalue weighted by Gasteiger charge is 2.35. The highest BCUT2D eigenvalue weighted by Crippen LogP contribution is 2.51. The molecule has 0 aliphatic heterocycles. The molecule has 2 heterocycles. The van der Waals surface area contributed by atoms with Gasteiger partial charge in [0, 0.05) is 53.4 Å². The fourth-order valence-corrected chi connectivity index (χ4v) is 9.79. The minimum atomic E-state index is -0.0981. The van der Waals surface area contributed by atoms with Crippen molar-refractivity contribution in [2.45, 2.75) is 19.3 Å². The maximum Gasteiger partial charge on any atom is 0.135 e. The number of benzene rings is 8. The van der Waals surface area contributed by atoms with E-state index >= 15 is 0 Å². The molecule has 0 amide bonds. The van der Waals surface area contributed by atoms with Crippen molar-refractivity contribution in [2.24, 2.45) is 0 Å². The average Bonchev–Trinajstić information content (AvgIpc) is 3.83. The van der Waals surface area contributed by atoms with E-state index in [1.54, 1.807) is 0 Å². The van der Waals surface area contributed by atoms with Gasteiger partial charge in [0.2, 0.25) is 0 Å². The van der Waals surface area contributed by atoms with Crippen LogP contribution in [-0.4, -0.2) is 0 Å². The quantitative estimate of drug-likeness (QED) is 0.184. The van der Waals surface area contributed by atoms with Gasteiger partial charge in [-0.2, -0.15) is 0 Å². The lowest BCUT2D eigenvalue weighted by Crippen LogP contribution is -2.16. The van der Waals surface area contributed by atoms with Crippen LogP contribution in [0.4, 0.5) is 17.1 Å². The Balaban J connectivity index is 1.04. The number of rotatable bonds is 4. The standard InChI is InChI=1S/C49H33NOS/c1-49(2)42-12-6-3-9-37(42)38-24-21-35(29-43(38)49)50(34-22-25-45-41(28-34)39-10-4-7-13-44(39)51-45)33-19-15-30(16-20-33)31-17-23-36-32(27-31)18-26-47-48(36)40-11-5-8-14-46(40)52-47/h3-29H,1-2H3. The number of hydrogen-bond acceptors (Lipinski definition) is 3. The molecule has 1 aliphatic carbocycles. The van der Waals surface area contributed by atoms with Crippen LogP contribution in [0.2, 0.25) is 0 Å². The maximum atomic E-state index is 6.24. The fraction of sp³-hybridized carbons (Fsp3) is 0.0612. The Hall–Kier alpha value is -6.16. The van der Waals surface area contributed by atoms with Crippen molar-refractivity contribution in [2.75, 3.05) is 4.90 Å². The number of nitrogens with zero attached hydrogens (tertiary/aromatic N) is 1. The molecule has 246 valence electrons. The van der Waals surface area contributed by atoms with Crippen LogP contribution >= 0.6 is 11.3 Å². The lowest BCUT2D eigenvalue weighted by molar-refractivity contribution is 0.660. The number of para-hydroxylation sites is 1. The summed E-state index contributed by atoms with van der Waals surface area (Å²) in [5.41, 5.74) is 12.8. The van der Waals surface area contributed by atoms with Crippen molar-refractivity contribution in [1.29, 1.82) is 0 Å². The molecule has 10 aromatic rings. The molecule has 8 aromatic carbocycles. The van der Waals surface area contributed by atoms with Gasteiger partial charge in [-0.25, -0.2) is 0 Å². The fourth-order valence-electron chi connectivity index (χ4n) is 8.67. The zero-order valence-electron chi connectivity index (χ0n) is 28.9. The third-order valence-electron chi connectivity index (χ3n) is 11.3. The lowest BCUT2D eigenvalue weighted by Gasteiger charge is -2.28. The van der Waals surface area contributed by atoms with Crippen LogP contribution < -0.4 is 4.90 Å². The molecule has 0 spiro atoms. The van der Waals surface area contributed by atoms with Crippen LogP contribution in [-0.2, 0) is 5.41 Å². The molecule has 11 rings (SSSR count). The van der Waals surface area contributed by atoms with Gasteiger partial charge in [0.25, 0.3) is 0 Å². The van der Waals surface area contributed by atoms with Gasteiger partial charge in [-0.3, -0.25) is 0 Å². The van der Waals surface area contributed by atoms with Crippen LogP contribution in [0.15, 0.2) is 168 Å². The first-order chi connectivity index (χ1) is 25.5. The maximum absolute atomic E-state index is 6.24. The Kier molecular flexibility index (Phi) is 6.21. The molecular formula is C49H33NOS. The highest BCUT2D eigenvalue weighted by molar-refractivity contribution is 7.26. The Morgan fingerprint density at radius 1 is 0.462 bits per heavy atom. The molecular weight excluding hydrogens is 651 g/mol. The van der Waals surface area contributed by atoms with Crippen molar-refractivity contribution in [3.05, 3.63) is 175 Å². The summed E-state index contributed by atoms with van der Waals surface area (Å²) in [6, 6.07) is 60.0. The Labute approximate surface area is 305 Å². The van der Waals surface area contributed by atoms with E-state index in [0.717, 1.165) is 39.0 Å². The van der Waals surface area contributed by atoms with E-state index < -0.39 is 0 Å². The number of furan rings is 1. The Bertz CT molecular complexity index is 3050. The molecule has 0 radical (unpaired) electrons. The van der Waals surface area contributed by atoms with Gasteiger partial charge < -0.3 is 9.32 Å². The molecule has 52 heavy (non-hydrogen) atoms. The van der Waals surface area contributed by atoms with E-state index in [0.29, 0.717) is 0 Å². The van der Waals surface area contributed by atoms with E-state index in [-0.39, 0.29) is 5.41 Å². The Morgan fingerprint density at radius 3 is 2.06 bits per heavy atom. The van der Waals surface area contributed by atoms with Crippen molar-refractivity contribution in [3.63, 3.8) is 0 Å². The van der Waals surface area contributed by atoms with Crippen molar-refractivity contribution < 1.29 is 4.42 Å². The second kappa shape index (κ2) is 10.9. The lowest BCUT2D eigenvalue weighted by atomic mass is 9.82. The van der Waals surface area contributed by atoms with Crippen LogP contribution in [0.3, 0.4) is 0 Å². The van der Waals surface area contributed by atoms with E-state index in [9.17, 15) is 0 Å². The van der Waals surface area contributed by atoms with Gasteiger partial charge >= 0.3 is 0 Å². The van der Waals surface area contributed by atoms with E-state index in [1.807, 2.05) is 23.5 Å². The molecule has 0 atom stereocenters. The molecule has 0 saturated heterocycles. The summed E-state index contributed by atoms with van der Waals surface area (Å²) in [5.74, 6) is 0. The van der Waals surface area contributed by atoms with Gasteiger partial charge in [0.15, 0.2) is 0 Å². The summed E-state index contributed by atoms with van der Waals surface area (Å²) < 4.78 is 8.92. The third kappa shape index (κ3) is 4.30. The number of anilines is 3. The molecule has 0 fully saturated rings. The predicted molar refractivity (Wildman–Crippen MR) is 222 cm³/mol. The summed E-state index contributed by atoms with van der Waals surface area (Å²) >= 11 is 1.87. The summed E-state index contributed by atoms with van der Waals surface area (Å²) in [7, 11) is 0. The Morgan fingerprint density at radius 2 is 1.15 bits per heavy atom. The van der Waals surface area contributed by atoms with E-state index in [4.69, 9.17) is 4.42 Å². The predicted octanol–water partition coefficient (Wildman–Crippen LogP) is 14.6. The van der Waals surface area contributed by atoms with Crippen molar-refractivity contribution in [3.8, 4) is 22.3 Å². The van der Waals surface area contributed by atoms with E-state index in [2.05, 4.69) is 170 Å². The average molecular weight is 684 g/mol. The van der Waals surface area contributed by atoms with Crippen LogP contribution in [0.25, 0.3) is 75.1 Å². The summed E-state index contributed by atoms with van der Waals surface area (Å²) in [6.07, 6.45) is 0.